The second kappa shape index (κ2) is 8.08. The molecule has 0 fully saturated rings. The minimum absolute atomic E-state index is 0.245. The average molecular weight is 467 g/mol. The van der Waals surface area contributed by atoms with E-state index in [-0.39, 0.29) is 11.1 Å². The molecule has 0 saturated carbocycles. The Bertz CT molecular complexity index is 1340. The highest BCUT2D eigenvalue weighted by atomic mass is 79.9. The zero-order valence-electron chi connectivity index (χ0n) is 15.8. The Morgan fingerprint density at radius 1 is 1.10 bits per heavy atom. The van der Waals surface area contributed by atoms with E-state index in [1.54, 1.807) is 13.0 Å². The Kier molecular flexibility index (Phi) is 5.33. The molecule has 1 heterocycles. The van der Waals surface area contributed by atoms with Crippen LogP contribution in [0.5, 0.6) is 0 Å². The van der Waals surface area contributed by atoms with Crippen molar-refractivity contribution in [3.8, 4) is 5.69 Å². The third-order valence-electron chi connectivity index (χ3n) is 4.63. The highest BCUT2D eigenvalue weighted by molar-refractivity contribution is 9.10. The van der Waals surface area contributed by atoms with E-state index in [2.05, 4.69) is 31.3 Å². The number of carbonyl (C=O) groups excluding carboxylic acids is 1. The second-order valence-corrected chi connectivity index (χ2v) is 7.45. The summed E-state index contributed by atoms with van der Waals surface area (Å²) < 4.78 is 15.3. The predicted octanol–water partition coefficient (Wildman–Crippen LogP) is 5.18. The number of aromatic nitrogens is 2. The number of carbonyl (C=O) groups is 1. The number of aliphatic imine (C=N–C) groups is 1. The highest BCUT2D eigenvalue weighted by Crippen LogP contribution is 2.30. The zero-order valence-corrected chi connectivity index (χ0v) is 17.4. The molecule has 0 unspecified atom stereocenters. The van der Waals surface area contributed by atoms with E-state index in [9.17, 15) is 14.0 Å². The van der Waals surface area contributed by atoms with E-state index in [0.29, 0.717) is 17.1 Å². The average Bonchev–Trinajstić information content (AvgIpc) is 3.03. The topological polar surface area (TPSA) is 79.2 Å². The fraction of sp³-hybridized carbons (Fsp3) is 0.0455. The van der Waals surface area contributed by atoms with Crippen LogP contribution in [0.25, 0.3) is 16.5 Å². The van der Waals surface area contributed by atoms with Gasteiger partial charge in [-0.3, -0.25) is 9.89 Å². The molecule has 0 atom stereocenters. The van der Waals surface area contributed by atoms with Crippen LogP contribution < -0.4 is 10.9 Å². The van der Waals surface area contributed by atoms with Crippen molar-refractivity contribution in [3.05, 3.63) is 92.6 Å². The number of hydrogen-bond donors (Lipinski definition) is 2. The van der Waals surface area contributed by atoms with Crippen LogP contribution in [0.1, 0.15) is 11.3 Å². The summed E-state index contributed by atoms with van der Waals surface area (Å²) in [5.41, 5.74) is 1.50. The van der Waals surface area contributed by atoms with Crippen molar-refractivity contribution in [1.29, 1.82) is 0 Å². The SMILES string of the molecule is Cc1[nH]n(-c2ccc(F)cc2)c(=O)c1/C=N/C(=O)Nc1ccc(Br)c2ccccc12. The number of hydrogen-bond acceptors (Lipinski definition) is 2. The first-order chi connectivity index (χ1) is 14.4. The molecule has 6 nitrogen and oxygen atoms in total. The van der Waals surface area contributed by atoms with Gasteiger partial charge in [0.25, 0.3) is 5.56 Å². The normalized spacial score (nSPS) is 11.3. The van der Waals surface area contributed by atoms with Crippen molar-refractivity contribution >= 4 is 44.6 Å². The standard InChI is InChI=1S/C22H16BrFN4O2/c1-13-18(21(29)28(27-13)15-8-6-14(24)7-9-15)12-25-22(30)26-20-11-10-19(23)16-4-2-3-5-17(16)20/h2-12,27H,1H3,(H,26,30)/b25-12+. The molecule has 4 rings (SSSR count). The van der Waals surface area contributed by atoms with Crippen molar-refractivity contribution in [2.45, 2.75) is 6.92 Å². The molecular formula is C22H16BrFN4O2. The van der Waals surface area contributed by atoms with Gasteiger partial charge in [-0.2, -0.15) is 0 Å². The van der Waals surface area contributed by atoms with Gasteiger partial charge in [0.1, 0.15) is 5.82 Å². The number of H-pyrrole nitrogens is 1. The third kappa shape index (κ3) is 3.81. The van der Waals surface area contributed by atoms with E-state index in [1.165, 1.54) is 35.2 Å². The maximum Gasteiger partial charge on any atom is 0.345 e. The summed E-state index contributed by atoms with van der Waals surface area (Å²) in [5, 5.41) is 7.48. The van der Waals surface area contributed by atoms with Crippen LogP contribution in [0.3, 0.4) is 0 Å². The number of aryl methyl sites for hydroxylation is 1. The zero-order chi connectivity index (χ0) is 21.3. The lowest BCUT2D eigenvalue weighted by molar-refractivity contribution is 0.259. The van der Waals surface area contributed by atoms with Gasteiger partial charge in [0.15, 0.2) is 0 Å². The van der Waals surface area contributed by atoms with Gasteiger partial charge in [-0.15, -0.1) is 0 Å². The van der Waals surface area contributed by atoms with Crippen LogP contribution in [0.15, 0.2) is 74.9 Å². The Hall–Kier alpha value is -3.52. The van der Waals surface area contributed by atoms with E-state index in [4.69, 9.17) is 0 Å². The van der Waals surface area contributed by atoms with Gasteiger partial charge < -0.3 is 5.32 Å². The van der Waals surface area contributed by atoms with Gasteiger partial charge in [-0.05, 0) is 48.7 Å². The van der Waals surface area contributed by atoms with Crippen molar-refractivity contribution in [3.63, 3.8) is 0 Å². The maximum atomic E-state index is 13.1. The first-order valence-corrected chi connectivity index (χ1v) is 9.83. The van der Waals surface area contributed by atoms with E-state index in [0.717, 1.165) is 15.2 Å². The quantitative estimate of drug-likeness (QED) is 0.408. The number of anilines is 1. The van der Waals surface area contributed by atoms with Crippen LogP contribution in [0.4, 0.5) is 14.9 Å². The van der Waals surface area contributed by atoms with E-state index < -0.39 is 11.8 Å². The lowest BCUT2D eigenvalue weighted by Crippen LogP contribution is -2.17. The second-order valence-electron chi connectivity index (χ2n) is 6.60. The molecule has 0 spiro atoms. The summed E-state index contributed by atoms with van der Waals surface area (Å²) in [6.45, 7) is 1.70. The molecule has 0 aliphatic carbocycles. The smallest absolute Gasteiger partial charge is 0.305 e. The molecule has 0 radical (unpaired) electrons. The third-order valence-corrected chi connectivity index (χ3v) is 5.32. The molecule has 2 N–H and O–H groups in total. The predicted molar refractivity (Wildman–Crippen MR) is 119 cm³/mol. The number of nitrogens with one attached hydrogen (secondary N) is 2. The molecule has 3 aromatic carbocycles. The molecular weight excluding hydrogens is 451 g/mol. The minimum atomic E-state index is -0.601. The Morgan fingerprint density at radius 3 is 2.53 bits per heavy atom. The number of benzene rings is 3. The van der Waals surface area contributed by atoms with Gasteiger partial charge in [-0.25, -0.2) is 18.9 Å². The van der Waals surface area contributed by atoms with Crippen LogP contribution in [-0.4, -0.2) is 22.0 Å². The van der Waals surface area contributed by atoms with Crippen LogP contribution in [-0.2, 0) is 0 Å². The number of nitrogens with zero attached hydrogens (tertiary/aromatic N) is 2. The lowest BCUT2D eigenvalue weighted by Gasteiger charge is -2.08. The largest absolute Gasteiger partial charge is 0.345 e. The van der Waals surface area contributed by atoms with Crippen molar-refractivity contribution in [1.82, 2.24) is 9.78 Å². The van der Waals surface area contributed by atoms with Gasteiger partial charge in [-0.1, -0.05) is 40.2 Å². The molecule has 4 aromatic rings. The highest BCUT2D eigenvalue weighted by Gasteiger charge is 2.12. The molecule has 0 bridgehead atoms. The molecule has 30 heavy (non-hydrogen) atoms. The van der Waals surface area contributed by atoms with Crippen molar-refractivity contribution in [2.75, 3.05) is 5.32 Å². The first kappa shape index (κ1) is 19.8. The van der Waals surface area contributed by atoms with Crippen molar-refractivity contribution < 1.29 is 9.18 Å². The molecule has 150 valence electrons. The van der Waals surface area contributed by atoms with Gasteiger partial charge in [0.2, 0.25) is 0 Å². The molecule has 0 aliphatic heterocycles. The summed E-state index contributed by atoms with van der Waals surface area (Å²) in [7, 11) is 0. The molecule has 2 amide bonds. The molecule has 0 aliphatic rings. The lowest BCUT2D eigenvalue weighted by atomic mass is 10.1. The van der Waals surface area contributed by atoms with Crippen LogP contribution >= 0.6 is 15.9 Å². The molecule has 1 aromatic heterocycles. The molecule has 0 saturated heterocycles. The van der Waals surface area contributed by atoms with Gasteiger partial charge in [0.05, 0.1) is 16.9 Å². The first-order valence-electron chi connectivity index (χ1n) is 9.04. The van der Waals surface area contributed by atoms with Gasteiger partial charge in [0, 0.05) is 21.8 Å². The fourth-order valence-electron chi connectivity index (χ4n) is 3.13. The summed E-state index contributed by atoms with van der Waals surface area (Å²) in [5.74, 6) is -0.394. The van der Waals surface area contributed by atoms with Crippen LogP contribution in [0.2, 0.25) is 0 Å². The molecule has 8 heteroatoms. The van der Waals surface area contributed by atoms with E-state index >= 15 is 0 Å². The monoisotopic (exact) mass is 466 g/mol. The number of aromatic amines is 1. The maximum absolute atomic E-state index is 13.1. The summed E-state index contributed by atoms with van der Waals surface area (Å²) in [4.78, 5) is 28.9. The van der Waals surface area contributed by atoms with Crippen LogP contribution in [0, 0.1) is 12.7 Å². The number of urea groups is 1. The Balaban J connectivity index is 1.59. The van der Waals surface area contributed by atoms with Gasteiger partial charge >= 0.3 is 6.03 Å². The summed E-state index contributed by atoms with van der Waals surface area (Å²) >= 11 is 3.50. The minimum Gasteiger partial charge on any atom is -0.305 e. The number of rotatable bonds is 3. The Morgan fingerprint density at radius 2 is 1.80 bits per heavy atom. The number of amides is 2. The number of halogens is 2. The Labute approximate surface area is 179 Å². The summed E-state index contributed by atoms with van der Waals surface area (Å²) in [6, 6.07) is 16.2. The fourth-order valence-corrected chi connectivity index (χ4v) is 3.60. The number of fused-ring (bicyclic) bond motifs is 1. The van der Waals surface area contributed by atoms with E-state index in [1.807, 2.05) is 30.3 Å². The summed E-state index contributed by atoms with van der Waals surface area (Å²) in [6.07, 6.45) is 1.23. The van der Waals surface area contributed by atoms with Crippen molar-refractivity contribution in [2.24, 2.45) is 4.99 Å².